The lowest BCUT2D eigenvalue weighted by molar-refractivity contribution is -0.131. The normalized spacial score (nSPS) is 22.9. The maximum absolute atomic E-state index is 12.3. The summed E-state index contributed by atoms with van der Waals surface area (Å²) in [4.78, 5) is 11.3. The number of nitrogens with zero attached hydrogens (tertiary/aromatic N) is 1. The van der Waals surface area contributed by atoms with Crippen LogP contribution in [0.5, 0.6) is 0 Å². The third-order valence-corrected chi connectivity index (χ3v) is 4.02. The van der Waals surface area contributed by atoms with E-state index in [1.807, 2.05) is 0 Å². The summed E-state index contributed by atoms with van der Waals surface area (Å²) < 4.78 is 47.6. The number of rotatable bonds is 2. The number of alkyl halides is 2. The molecule has 0 aromatic carbocycles. The molecular weight excluding hydrogens is 230 g/mol. The first-order chi connectivity index (χ1) is 6.70. The molecule has 8 heteroatoms. The number of piperazine rings is 1. The minimum absolute atomic E-state index is 0.0498. The molecule has 1 fully saturated rings. The molecule has 5 nitrogen and oxygen atoms in total. The summed E-state index contributed by atoms with van der Waals surface area (Å²) in [5.74, 6) is -4.07. The minimum atomic E-state index is -4.70. The largest absolute Gasteiger partial charge is 0.353 e. The predicted octanol–water partition coefficient (Wildman–Crippen LogP) is -0.251. The standard InChI is InChI=1S/C7H12F2N2O3S/c1-7(2)5(12)10-3-4-11(7)15(13,14)6(8)9/h6H,3-4H2,1-2H3,(H,10,12). The molecule has 88 valence electrons. The van der Waals surface area contributed by atoms with Crippen LogP contribution in [0.25, 0.3) is 0 Å². The summed E-state index contributed by atoms with van der Waals surface area (Å²) in [5.41, 5.74) is -1.46. The number of hydrogen-bond acceptors (Lipinski definition) is 3. The first-order valence-electron chi connectivity index (χ1n) is 4.29. The fraction of sp³-hybridized carbons (Fsp3) is 0.857. The zero-order chi connectivity index (χ0) is 11.9. The van der Waals surface area contributed by atoms with Crippen LogP contribution in [-0.2, 0) is 14.8 Å². The Balaban J connectivity index is 3.10. The molecule has 15 heavy (non-hydrogen) atoms. The SMILES string of the molecule is CC1(C)C(=O)NCCN1S(=O)(=O)C(F)F. The van der Waals surface area contributed by atoms with Gasteiger partial charge in [-0.1, -0.05) is 0 Å². The minimum Gasteiger partial charge on any atom is -0.353 e. The van der Waals surface area contributed by atoms with Crippen LogP contribution in [-0.4, -0.2) is 43.0 Å². The zero-order valence-electron chi connectivity index (χ0n) is 8.33. The fourth-order valence-corrected chi connectivity index (χ4v) is 2.68. The summed E-state index contributed by atoms with van der Waals surface area (Å²) in [7, 11) is -4.70. The Morgan fingerprint density at radius 3 is 2.47 bits per heavy atom. The smallest absolute Gasteiger partial charge is 0.350 e. The van der Waals surface area contributed by atoms with Gasteiger partial charge in [0.15, 0.2) is 0 Å². The van der Waals surface area contributed by atoms with Crippen molar-refractivity contribution in [2.75, 3.05) is 13.1 Å². The molecule has 1 N–H and O–H groups in total. The van der Waals surface area contributed by atoms with Crippen LogP contribution in [0, 0.1) is 0 Å². The topological polar surface area (TPSA) is 66.5 Å². The summed E-state index contributed by atoms with van der Waals surface area (Å²) in [6.45, 7) is 2.50. The molecule has 1 aliphatic heterocycles. The maximum Gasteiger partial charge on any atom is 0.350 e. The molecule has 0 atom stereocenters. The molecule has 0 radical (unpaired) electrons. The van der Waals surface area contributed by atoms with Gasteiger partial charge in [0, 0.05) is 13.1 Å². The number of halogens is 2. The zero-order valence-corrected chi connectivity index (χ0v) is 9.14. The Hall–Kier alpha value is -0.760. The third-order valence-electron chi connectivity index (χ3n) is 2.31. The molecule has 0 spiro atoms. The van der Waals surface area contributed by atoms with E-state index in [9.17, 15) is 22.0 Å². The van der Waals surface area contributed by atoms with Gasteiger partial charge in [0.05, 0.1) is 0 Å². The highest BCUT2D eigenvalue weighted by Gasteiger charge is 2.47. The van der Waals surface area contributed by atoms with Gasteiger partial charge >= 0.3 is 5.76 Å². The van der Waals surface area contributed by atoms with Gasteiger partial charge in [-0.15, -0.1) is 0 Å². The van der Waals surface area contributed by atoms with Gasteiger partial charge in [0.1, 0.15) is 5.54 Å². The molecule has 1 amide bonds. The number of hydrogen-bond donors (Lipinski definition) is 1. The van der Waals surface area contributed by atoms with Crippen LogP contribution in [0.15, 0.2) is 0 Å². The van der Waals surface area contributed by atoms with Crippen molar-refractivity contribution >= 4 is 15.9 Å². The first-order valence-corrected chi connectivity index (χ1v) is 5.79. The van der Waals surface area contributed by atoms with Crippen LogP contribution in [0.3, 0.4) is 0 Å². The van der Waals surface area contributed by atoms with E-state index in [4.69, 9.17) is 0 Å². The Morgan fingerprint density at radius 1 is 1.47 bits per heavy atom. The van der Waals surface area contributed by atoms with E-state index < -0.39 is 27.2 Å². The van der Waals surface area contributed by atoms with Crippen molar-refractivity contribution in [3.05, 3.63) is 0 Å². The van der Waals surface area contributed by atoms with Gasteiger partial charge in [-0.25, -0.2) is 8.42 Å². The van der Waals surface area contributed by atoms with Crippen LogP contribution >= 0.6 is 0 Å². The van der Waals surface area contributed by atoms with Crippen LogP contribution < -0.4 is 5.32 Å². The van der Waals surface area contributed by atoms with E-state index in [-0.39, 0.29) is 13.1 Å². The molecule has 0 saturated carbocycles. The second kappa shape index (κ2) is 3.67. The average Bonchev–Trinajstić information content (AvgIpc) is 2.09. The second-order valence-corrected chi connectivity index (χ2v) is 5.52. The van der Waals surface area contributed by atoms with E-state index in [1.54, 1.807) is 0 Å². The second-order valence-electron chi connectivity index (χ2n) is 3.69. The van der Waals surface area contributed by atoms with E-state index in [2.05, 4.69) is 5.32 Å². The van der Waals surface area contributed by atoms with E-state index in [0.29, 0.717) is 4.31 Å². The van der Waals surface area contributed by atoms with Crippen molar-refractivity contribution in [1.82, 2.24) is 9.62 Å². The van der Waals surface area contributed by atoms with E-state index in [1.165, 1.54) is 13.8 Å². The quantitative estimate of drug-likeness (QED) is 0.726. The van der Waals surface area contributed by atoms with Gasteiger partial charge in [-0.05, 0) is 13.8 Å². The lowest BCUT2D eigenvalue weighted by Crippen LogP contribution is -2.64. The van der Waals surface area contributed by atoms with Crippen LogP contribution in [0.2, 0.25) is 0 Å². The van der Waals surface area contributed by atoms with Crippen molar-refractivity contribution < 1.29 is 22.0 Å². The highest BCUT2D eigenvalue weighted by atomic mass is 32.2. The first kappa shape index (κ1) is 12.3. The summed E-state index contributed by atoms with van der Waals surface area (Å²) in [6.07, 6.45) is 0. The molecule has 0 aromatic heterocycles. The monoisotopic (exact) mass is 242 g/mol. The molecule has 0 aromatic rings. The number of sulfonamides is 1. The Bertz CT molecular complexity index is 366. The predicted molar refractivity (Wildman–Crippen MR) is 48.7 cm³/mol. The Morgan fingerprint density at radius 2 is 2.00 bits per heavy atom. The molecule has 1 saturated heterocycles. The highest BCUT2D eigenvalue weighted by Crippen LogP contribution is 2.24. The average molecular weight is 242 g/mol. The van der Waals surface area contributed by atoms with Crippen molar-refractivity contribution in [1.29, 1.82) is 0 Å². The molecule has 1 rings (SSSR count). The lowest BCUT2D eigenvalue weighted by atomic mass is 10.0. The molecule has 0 unspecified atom stereocenters. The number of nitrogens with one attached hydrogen (secondary N) is 1. The third kappa shape index (κ3) is 1.96. The van der Waals surface area contributed by atoms with Gasteiger partial charge in [-0.2, -0.15) is 13.1 Å². The highest BCUT2D eigenvalue weighted by molar-refractivity contribution is 7.89. The number of carbonyl (C=O) groups is 1. The Kier molecular flexibility index (Phi) is 3.01. The van der Waals surface area contributed by atoms with Gasteiger partial charge < -0.3 is 5.32 Å². The van der Waals surface area contributed by atoms with E-state index >= 15 is 0 Å². The van der Waals surface area contributed by atoms with Crippen molar-refractivity contribution in [3.8, 4) is 0 Å². The molecule has 0 aliphatic carbocycles. The summed E-state index contributed by atoms with van der Waals surface area (Å²) in [5, 5.41) is 2.42. The molecule has 1 heterocycles. The molecule has 0 bridgehead atoms. The van der Waals surface area contributed by atoms with Gasteiger partial charge in [0.2, 0.25) is 5.91 Å². The van der Waals surface area contributed by atoms with Crippen molar-refractivity contribution in [3.63, 3.8) is 0 Å². The summed E-state index contributed by atoms with van der Waals surface area (Å²) >= 11 is 0. The lowest BCUT2D eigenvalue weighted by Gasteiger charge is -2.39. The van der Waals surface area contributed by atoms with Crippen molar-refractivity contribution in [2.24, 2.45) is 0 Å². The van der Waals surface area contributed by atoms with Crippen LogP contribution in [0.4, 0.5) is 8.78 Å². The van der Waals surface area contributed by atoms with Gasteiger partial charge in [0.25, 0.3) is 10.0 Å². The van der Waals surface area contributed by atoms with Gasteiger partial charge in [-0.3, -0.25) is 4.79 Å². The summed E-state index contributed by atoms with van der Waals surface area (Å²) in [6, 6.07) is 0. The molecule has 1 aliphatic rings. The van der Waals surface area contributed by atoms with E-state index in [0.717, 1.165) is 0 Å². The fourth-order valence-electron chi connectivity index (χ4n) is 1.42. The Labute approximate surface area is 86.5 Å². The number of amides is 1. The maximum atomic E-state index is 12.3. The molecular formula is C7H12F2N2O3S. The van der Waals surface area contributed by atoms with Crippen LogP contribution in [0.1, 0.15) is 13.8 Å². The number of carbonyl (C=O) groups excluding carboxylic acids is 1. The van der Waals surface area contributed by atoms with Crippen molar-refractivity contribution in [2.45, 2.75) is 25.1 Å².